The number of aromatic nitrogens is 1. The summed E-state index contributed by atoms with van der Waals surface area (Å²) in [4.78, 5) is 15.5. The predicted octanol–water partition coefficient (Wildman–Crippen LogP) is 3.47. The third-order valence-corrected chi connectivity index (χ3v) is 3.83. The number of Topliss-reactive ketones (excluding diaryl/α,β-unsaturated/α-hetero) is 1. The highest BCUT2D eigenvalue weighted by Gasteiger charge is 2.57. The number of pyridine rings is 1. The molecule has 8 heteroatoms. The van der Waals surface area contributed by atoms with E-state index in [1.165, 1.54) is 0 Å². The van der Waals surface area contributed by atoms with Crippen LogP contribution in [0, 0.1) is 17.2 Å². The highest BCUT2D eigenvalue weighted by atomic mass is 35.5. The van der Waals surface area contributed by atoms with Crippen LogP contribution in [0.15, 0.2) is 18.3 Å². The maximum atomic E-state index is 12.4. The van der Waals surface area contributed by atoms with Gasteiger partial charge in [0.1, 0.15) is 10.3 Å². The van der Waals surface area contributed by atoms with Crippen LogP contribution in [-0.2, 0) is 11.0 Å². The van der Waals surface area contributed by atoms with Crippen LogP contribution in [0.4, 0.5) is 13.2 Å². The average Bonchev–Trinajstić information content (AvgIpc) is 2.99. The molecule has 1 aromatic rings. The number of alkyl halides is 5. The Labute approximate surface area is 122 Å². The van der Waals surface area contributed by atoms with Crippen LogP contribution in [0.2, 0.25) is 0 Å². The predicted molar refractivity (Wildman–Crippen MR) is 65.1 cm³/mol. The second-order valence-electron chi connectivity index (χ2n) is 4.45. The maximum absolute atomic E-state index is 12.4. The van der Waals surface area contributed by atoms with E-state index in [9.17, 15) is 18.0 Å². The number of nitrogens with zero attached hydrogens (tertiary/aromatic N) is 2. The summed E-state index contributed by atoms with van der Waals surface area (Å²) in [6.45, 7) is 0. The number of hydrogen-bond acceptors (Lipinski definition) is 3. The highest BCUT2D eigenvalue weighted by Crippen LogP contribution is 2.55. The van der Waals surface area contributed by atoms with Gasteiger partial charge in [-0.2, -0.15) is 18.4 Å². The summed E-state index contributed by atoms with van der Waals surface area (Å²) in [6.07, 6.45) is -3.70. The van der Waals surface area contributed by atoms with E-state index in [1.807, 2.05) is 0 Å². The summed E-state index contributed by atoms with van der Waals surface area (Å²) < 4.78 is 36.0. The molecule has 20 heavy (non-hydrogen) atoms. The van der Waals surface area contributed by atoms with Gasteiger partial charge in [-0.25, -0.2) is 0 Å². The van der Waals surface area contributed by atoms with E-state index in [0.29, 0.717) is 6.20 Å². The third kappa shape index (κ3) is 2.89. The van der Waals surface area contributed by atoms with Crippen molar-refractivity contribution in [3.63, 3.8) is 0 Å². The second kappa shape index (κ2) is 4.90. The van der Waals surface area contributed by atoms with Gasteiger partial charge in [0.05, 0.1) is 23.2 Å². The number of nitriles is 1. The molecule has 1 aliphatic rings. The SMILES string of the molecule is N#CC(C(=O)C1CC1(Cl)Cl)c1ccc(C(F)(F)F)cn1. The summed E-state index contributed by atoms with van der Waals surface area (Å²) in [5, 5.41) is 9.01. The second-order valence-corrected chi connectivity index (χ2v) is 5.99. The molecule has 3 nitrogen and oxygen atoms in total. The molecular weight excluding hydrogens is 316 g/mol. The van der Waals surface area contributed by atoms with E-state index in [2.05, 4.69) is 4.98 Å². The lowest BCUT2D eigenvalue weighted by Gasteiger charge is -2.10. The van der Waals surface area contributed by atoms with Crippen LogP contribution in [0.25, 0.3) is 0 Å². The molecule has 0 N–H and O–H groups in total. The Morgan fingerprint density at radius 3 is 2.45 bits per heavy atom. The van der Waals surface area contributed by atoms with Crippen LogP contribution in [0.1, 0.15) is 23.6 Å². The summed E-state index contributed by atoms with van der Waals surface area (Å²) in [7, 11) is 0. The molecule has 2 atom stereocenters. The van der Waals surface area contributed by atoms with Gasteiger partial charge in [0, 0.05) is 6.20 Å². The molecular formula is C12H7Cl2F3N2O. The monoisotopic (exact) mass is 322 g/mol. The first-order valence-electron chi connectivity index (χ1n) is 5.51. The lowest BCUT2D eigenvalue weighted by atomic mass is 9.97. The number of carbonyl (C=O) groups excluding carboxylic acids is 1. The van der Waals surface area contributed by atoms with Crippen molar-refractivity contribution < 1.29 is 18.0 Å². The van der Waals surface area contributed by atoms with Crippen molar-refractivity contribution >= 4 is 29.0 Å². The fourth-order valence-corrected chi connectivity index (χ4v) is 2.27. The first-order chi connectivity index (χ1) is 9.16. The van der Waals surface area contributed by atoms with Gasteiger partial charge < -0.3 is 0 Å². The van der Waals surface area contributed by atoms with Crippen LogP contribution in [0.5, 0.6) is 0 Å². The number of carbonyl (C=O) groups is 1. The van der Waals surface area contributed by atoms with E-state index in [4.69, 9.17) is 28.5 Å². The molecule has 1 aromatic heterocycles. The Kier molecular flexibility index (Phi) is 3.69. The molecule has 1 fully saturated rings. The zero-order valence-corrected chi connectivity index (χ0v) is 11.3. The van der Waals surface area contributed by atoms with E-state index in [-0.39, 0.29) is 12.1 Å². The summed E-state index contributed by atoms with van der Waals surface area (Å²) in [5.41, 5.74) is -0.984. The van der Waals surface area contributed by atoms with Gasteiger partial charge >= 0.3 is 6.18 Å². The Hall–Kier alpha value is -1.32. The standard InChI is InChI=1S/C12H7Cl2F3N2O/c13-11(14)3-8(11)10(20)7(4-18)9-2-1-6(5-19-9)12(15,16)17/h1-2,5,7-8H,3H2. The molecule has 0 aliphatic heterocycles. The molecule has 106 valence electrons. The number of hydrogen-bond donors (Lipinski definition) is 0. The van der Waals surface area contributed by atoms with E-state index < -0.39 is 33.7 Å². The van der Waals surface area contributed by atoms with Gasteiger partial charge in [-0.3, -0.25) is 9.78 Å². The molecule has 0 saturated heterocycles. The van der Waals surface area contributed by atoms with E-state index >= 15 is 0 Å². The molecule has 2 unspecified atom stereocenters. The molecule has 0 radical (unpaired) electrons. The number of ketones is 1. The fourth-order valence-electron chi connectivity index (χ4n) is 1.74. The molecule has 1 heterocycles. The lowest BCUT2D eigenvalue weighted by molar-refractivity contribution is -0.137. The minimum absolute atomic E-state index is 0.0402. The van der Waals surface area contributed by atoms with Crippen molar-refractivity contribution in [2.75, 3.05) is 0 Å². The molecule has 0 bridgehead atoms. The minimum Gasteiger partial charge on any atom is -0.297 e. The number of rotatable bonds is 3. The molecule has 2 rings (SSSR count). The van der Waals surface area contributed by atoms with Crippen LogP contribution in [-0.4, -0.2) is 15.1 Å². The normalized spacial score (nSPS) is 21.9. The topological polar surface area (TPSA) is 53.8 Å². The van der Waals surface area contributed by atoms with Gasteiger partial charge in [0.15, 0.2) is 5.78 Å². The van der Waals surface area contributed by atoms with Crippen molar-refractivity contribution in [3.05, 3.63) is 29.6 Å². The van der Waals surface area contributed by atoms with Crippen molar-refractivity contribution in [1.29, 1.82) is 5.26 Å². The largest absolute Gasteiger partial charge is 0.417 e. The molecule has 0 spiro atoms. The van der Waals surface area contributed by atoms with Crippen LogP contribution >= 0.6 is 23.2 Å². The van der Waals surface area contributed by atoms with Crippen LogP contribution < -0.4 is 0 Å². The smallest absolute Gasteiger partial charge is 0.297 e. The lowest BCUT2D eigenvalue weighted by Crippen LogP contribution is -2.17. The van der Waals surface area contributed by atoms with Gasteiger partial charge in [-0.1, -0.05) is 0 Å². The van der Waals surface area contributed by atoms with Gasteiger partial charge in [-0.05, 0) is 18.6 Å². The summed E-state index contributed by atoms with van der Waals surface area (Å²) in [6, 6.07) is 3.52. The Balaban J connectivity index is 2.21. The van der Waals surface area contributed by atoms with Gasteiger partial charge in [-0.15, -0.1) is 23.2 Å². The van der Waals surface area contributed by atoms with Gasteiger partial charge in [0.25, 0.3) is 0 Å². The zero-order chi connectivity index (χ0) is 15.1. The molecule has 1 aliphatic carbocycles. The molecule has 1 saturated carbocycles. The first kappa shape index (κ1) is 15.1. The van der Waals surface area contributed by atoms with E-state index in [1.54, 1.807) is 6.07 Å². The molecule has 0 aromatic carbocycles. The average molecular weight is 323 g/mol. The van der Waals surface area contributed by atoms with Crippen molar-refractivity contribution in [2.45, 2.75) is 22.8 Å². The van der Waals surface area contributed by atoms with Crippen molar-refractivity contribution in [1.82, 2.24) is 4.98 Å². The quantitative estimate of drug-likeness (QED) is 0.801. The van der Waals surface area contributed by atoms with E-state index in [0.717, 1.165) is 12.1 Å². The first-order valence-corrected chi connectivity index (χ1v) is 6.26. The van der Waals surface area contributed by atoms with Crippen molar-refractivity contribution in [3.8, 4) is 6.07 Å². The summed E-state index contributed by atoms with van der Waals surface area (Å²) >= 11 is 11.5. The van der Waals surface area contributed by atoms with Gasteiger partial charge in [0.2, 0.25) is 0 Å². The minimum atomic E-state index is -4.52. The Bertz CT molecular complexity index is 578. The number of halogens is 5. The highest BCUT2D eigenvalue weighted by molar-refractivity contribution is 6.52. The Morgan fingerprint density at radius 1 is 1.50 bits per heavy atom. The third-order valence-electron chi connectivity index (χ3n) is 2.99. The fraction of sp³-hybridized carbons (Fsp3) is 0.417. The Morgan fingerprint density at radius 2 is 2.10 bits per heavy atom. The summed E-state index contributed by atoms with van der Waals surface area (Å²) in [5.74, 6) is -2.47. The van der Waals surface area contributed by atoms with Crippen LogP contribution in [0.3, 0.4) is 0 Å². The zero-order valence-electron chi connectivity index (χ0n) is 9.79. The maximum Gasteiger partial charge on any atom is 0.417 e. The van der Waals surface area contributed by atoms with Crippen molar-refractivity contribution in [2.24, 2.45) is 5.92 Å². The molecule has 0 amide bonds.